The van der Waals surface area contributed by atoms with Gasteiger partial charge in [0.1, 0.15) is 17.7 Å². The van der Waals surface area contributed by atoms with Gasteiger partial charge in [0.25, 0.3) is 0 Å². The monoisotopic (exact) mass is 499 g/mol. The van der Waals surface area contributed by atoms with Gasteiger partial charge in [0.05, 0.1) is 0 Å². The van der Waals surface area contributed by atoms with E-state index >= 15 is 0 Å². The van der Waals surface area contributed by atoms with Gasteiger partial charge in [-0.3, -0.25) is 9.59 Å². The summed E-state index contributed by atoms with van der Waals surface area (Å²) in [6, 6.07) is 5.12. The molecule has 7 nitrogen and oxygen atoms in total. The lowest BCUT2D eigenvalue weighted by molar-refractivity contribution is -0.146. The molecule has 0 aromatic heterocycles. The van der Waals surface area contributed by atoms with Crippen LogP contribution in [0.1, 0.15) is 98.2 Å². The third-order valence-electron chi connectivity index (χ3n) is 5.92. The Bertz CT molecular complexity index is 897. The Morgan fingerprint density at radius 1 is 1.06 bits per heavy atom. The highest BCUT2D eigenvalue weighted by atomic mass is 16.6. The number of rotatable bonds is 12. The Labute approximate surface area is 217 Å². The summed E-state index contributed by atoms with van der Waals surface area (Å²) in [5.41, 5.74) is 0.648. The molecule has 200 valence electrons. The van der Waals surface area contributed by atoms with Crippen molar-refractivity contribution in [2.75, 3.05) is 6.54 Å². The number of hydrogen-bond acceptors (Lipinski definition) is 4. The molecule has 3 unspecified atom stereocenters. The van der Waals surface area contributed by atoms with E-state index in [0.29, 0.717) is 24.1 Å². The third kappa shape index (κ3) is 9.56. The maximum atomic E-state index is 14.0. The second kappa shape index (κ2) is 14.5. The molecular weight excluding hydrogens is 454 g/mol. The first-order valence-electron chi connectivity index (χ1n) is 13.0. The first-order valence-corrected chi connectivity index (χ1v) is 13.0. The molecule has 0 saturated heterocycles. The predicted molar refractivity (Wildman–Crippen MR) is 144 cm³/mol. The van der Waals surface area contributed by atoms with Crippen molar-refractivity contribution < 1.29 is 19.1 Å². The summed E-state index contributed by atoms with van der Waals surface area (Å²) in [5.74, 6) is 1.77. The van der Waals surface area contributed by atoms with Crippen LogP contribution in [0, 0.1) is 18.3 Å². The van der Waals surface area contributed by atoms with Crippen molar-refractivity contribution in [3.05, 3.63) is 35.4 Å². The number of nitrogens with zero attached hydrogens (tertiary/aromatic N) is 1. The molecule has 3 atom stereocenters. The summed E-state index contributed by atoms with van der Waals surface area (Å²) in [6.45, 7) is 15.5. The van der Waals surface area contributed by atoms with Crippen molar-refractivity contribution in [1.82, 2.24) is 15.5 Å². The van der Waals surface area contributed by atoms with Crippen molar-refractivity contribution in [1.29, 1.82) is 0 Å². The predicted octanol–water partition coefficient (Wildman–Crippen LogP) is 5.19. The highest BCUT2D eigenvalue weighted by Gasteiger charge is 2.39. The molecule has 0 spiro atoms. The molecule has 0 bridgehead atoms. The molecular formula is C29H45N3O4. The van der Waals surface area contributed by atoms with Crippen molar-refractivity contribution in [3.8, 4) is 12.3 Å². The fraction of sp³-hybridized carbons (Fsp3) is 0.621. The van der Waals surface area contributed by atoms with Crippen LogP contribution in [-0.2, 0) is 14.3 Å². The van der Waals surface area contributed by atoms with Gasteiger partial charge in [-0.15, -0.1) is 6.42 Å². The van der Waals surface area contributed by atoms with Crippen molar-refractivity contribution in [3.63, 3.8) is 0 Å². The largest absolute Gasteiger partial charge is 0.444 e. The summed E-state index contributed by atoms with van der Waals surface area (Å²) in [7, 11) is 0. The van der Waals surface area contributed by atoms with E-state index < -0.39 is 23.8 Å². The molecule has 0 fully saturated rings. The van der Waals surface area contributed by atoms with E-state index in [1.165, 1.54) is 0 Å². The van der Waals surface area contributed by atoms with Crippen LogP contribution in [0.3, 0.4) is 0 Å². The van der Waals surface area contributed by atoms with E-state index in [9.17, 15) is 14.4 Å². The molecule has 0 aliphatic carbocycles. The minimum Gasteiger partial charge on any atom is -0.444 e. The number of benzene rings is 1. The zero-order valence-corrected chi connectivity index (χ0v) is 23.3. The normalized spacial score (nSPS) is 13.8. The van der Waals surface area contributed by atoms with Gasteiger partial charge in [0, 0.05) is 18.2 Å². The number of amides is 3. The van der Waals surface area contributed by atoms with E-state index in [2.05, 4.69) is 23.5 Å². The summed E-state index contributed by atoms with van der Waals surface area (Å²) in [4.78, 5) is 41.8. The van der Waals surface area contributed by atoms with Crippen molar-refractivity contribution in [2.45, 2.75) is 105 Å². The highest BCUT2D eigenvalue weighted by Crippen LogP contribution is 2.27. The van der Waals surface area contributed by atoms with Gasteiger partial charge in [-0.2, -0.15) is 0 Å². The average molecular weight is 500 g/mol. The SMILES string of the molecule is C#Cc1ccc(C(C(=O)NCCCCC)N(C(=O)C(NC(=O)OC(C)(C)C)C(C)C)C(C)CC)cc1. The van der Waals surface area contributed by atoms with Crippen molar-refractivity contribution >= 4 is 17.9 Å². The second-order valence-corrected chi connectivity index (χ2v) is 10.5. The lowest BCUT2D eigenvalue weighted by Gasteiger charge is -2.39. The van der Waals surface area contributed by atoms with Crippen LogP contribution in [0.5, 0.6) is 0 Å². The number of terminal acetylenes is 1. The Morgan fingerprint density at radius 2 is 1.67 bits per heavy atom. The van der Waals surface area contributed by atoms with Gasteiger partial charge in [0.15, 0.2) is 0 Å². The van der Waals surface area contributed by atoms with Gasteiger partial charge >= 0.3 is 6.09 Å². The number of carbonyl (C=O) groups excluding carboxylic acids is 3. The van der Waals surface area contributed by atoms with Crippen LogP contribution in [-0.4, -0.2) is 47.0 Å². The number of carbonyl (C=O) groups is 3. The first kappa shape index (κ1) is 31.0. The molecule has 0 saturated carbocycles. The number of nitrogens with one attached hydrogen (secondary N) is 2. The van der Waals surface area contributed by atoms with Gasteiger partial charge in [-0.25, -0.2) is 4.79 Å². The van der Waals surface area contributed by atoms with Crippen LogP contribution >= 0.6 is 0 Å². The Balaban J connectivity index is 3.45. The lowest BCUT2D eigenvalue weighted by Crippen LogP contribution is -2.57. The standard InChI is InChI=1S/C29H45N3O4/c1-10-13-14-19-30-26(33)25(23-17-15-22(12-3)16-18-23)32(21(6)11-2)27(34)24(20(4)5)31-28(35)36-29(7,8)9/h3,15-18,20-21,24-25H,10-11,13-14,19H2,1-2,4-9H3,(H,30,33)(H,31,35). The molecule has 36 heavy (non-hydrogen) atoms. The van der Waals surface area contributed by atoms with Crippen molar-refractivity contribution in [2.24, 2.45) is 5.92 Å². The highest BCUT2D eigenvalue weighted by molar-refractivity contribution is 5.92. The maximum absolute atomic E-state index is 14.0. The smallest absolute Gasteiger partial charge is 0.408 e. The fourth-order valence-corrected chi connectivity index (χ4v) is 3.79. The van der Waals surface area contributed by atoms with Gasteiger partial charge < -0.3 is 20.3 Å². The Kier molecular flexibility index (Phi) is 12.5. The minimum absolute atomic E-state index is 0.228. The molecule has 0 aliphatic heterocycles. The summed E-state index contributed by atoms with van der Waals surface area (Å²) in [5, 5.41) is 5.76. The van der Waals surface area contributed by atoms with Crippen LogP contribution in [0.2, 0.25) is 0 Å². The molecule has 0 radical (unpaired) electrons. The number of unbranched alkanes of at least 4 members (excludes halogenated alkanes) is 2. The zero-order chi connectivity index (χ0) is 27.5. The van der Waals surface area contributed by atoms with E-state index in [1.54, 1.807) is 49.9 Å². The quantitative estimate of drug-likeness (QED) is 0.306. The Hall–Kier alpha value is -3.01. The molecule has 0 heterocycles. The molecule has 7 heteroatoms. The van der Waals surface area contributed by atoms with Gasteiger partial charge in [0.2, 0.25) is 11.8 Å². The van der Waals surface area contributed by atoms with Crippen LogP contribution < -0.4 is 10.6 Å². The molecule has 3 amide bonds. The molecule has 2 N–H and O–H groups in total. The van der Waals surface area contributed by atoms with E-state index in [4.69, 9.17) is 11.2 Å². The third-order valence-corrected chi connectivity index (χ3v) is 5.92. The van der Waals surface area contributed by atoms with Crippen LogP contribution in [0.4, 0.5) is 4.79 Å². The van der Waals surface area contributed by atoms with Crippen LogP contribution in [0.25, 0.3) is 0 Å². The maximum Gasteiger partial charge on any atom is 0.408 e. The molecule has 1 rings (SSSR count). The Morgan fingerprint density at radius 3 is 2.14 bits per heavy atom. The van der Waals surface area contributed by atoms with E-state index in [0.717, 1.165) is 19.3 Å². The van der Waals surface area contributed by atoms with Gasteiger partial charge in [-0.1, -0.05) is 58.6 Å². The molecule has 1 aromatic carbocycles. The fourth-order valence-electron chi connectivity index (χ4n) is 3.79. The molecule has 1 aromatic rings. The van der Waals surface area contributed by atoms with E-state index in [-0.39, 0.29) is 23.8 Å². The summed E-state index contributed by atoms with van der Waals surface area (Å²) < 4.78 is 5.41. The summed E-state index contributed by atoms with van der Waals surface area (Å²) in [6.07, 6.45) is 8.39. The minimum atomic E-state index is -0.873. The van der Waals surface area contributed by atoms with Crippen LogP contribution in [0.15, 0.2) is 24.3 Å². The first-order chi connectivity index (χ1) is 16.9. The van der Waals surface area contributed by atoms with E-state index in [1.807, 2.05) is 27.7 Å². The molecule has 0 aliphatic rings. The lowest BCUT2D eigenvalue weighted by atomic mass is 9.96. The topological polar surface area (TPSA) is 87.7 Å². The number of hydrogen-bond donors (Lipinski definition) is 2. The second-order valence-electron chi connectivity index (χ2n) is 10.5. The van der Waals surface area contributed by atoms with Gasteiger partial charge in [-0.05, 0) is 64.2 Å². The number of alkyl carbamates (subject to hydrolysis) is 1. The number of ether oxygens (including phenoxy) is 1. The summed E-state index contributed by atoms with van der Waals surface area (Å²) >= 11 is 0. The zero-order valence-electron chi connectivity index (χ0n) is 23.3. The average Bonchev–Trinajstić information content (AvgIpc) is 2.81.